The van der Waals surface area contributed by atoms with Crippen LogP contribution in [0.1, 0.15) is 155 Å². The lowest BCUT2D eigenvalue weighted by Crippen LogP contribution is -2.59. The van der Waals surface area contributed by atoms with E-state index in [9.17, 15) is 38.4 Å². The number of fused-ring (bicyclic) bond motifs is 5. The molecule has 5 aromatic carbocycles. The second-order valence-electron chi connectivity index (χ2n) is 26.6. The van der Waals surface area contributed by atoms with Crippen LogP contribution in [0.3, 0.4) is 0 Å². The molecule has 0 saturated carbocycles. The van der Waals surface area contributed by atoms with Gasteiger partial charge in [0.2, 0.25) is 41.4 Å². The Hall–Kier alpha value is -8.82. The topological polar surface area (TPSA) is 275 Å². The molecule has 5 aliphatic rings. The SMILES string of the molecule is CN[C@@H](C)C(=O)N[C@H](C(=O)N1C[C@@H](NC(=O)CCCC(=O)NCCC[C@H](NC(=O)OCc2ccccc2)C(=O)N2C[C@@H](NC(=O)OCC3c4ccccc4-c4ccccc43)C[C@H]2C(=O)N[C@@H]2CCCc3ccccc32)C[C@H]1C(=O)NC1CCCc2ccccc21)C(C)(C)C.Cl. The smallest absolute Gasteiger partial charge is 0.408 e. The Morgan fingerprint density at radius 2 is 1.08 bits per heavy atom. The minimum absolute atomic E-state index is 0. The number of halogens is 1. The zero-order chi connectivity index (χ0) is 66.5. The van der Waals surface area contributed by atoms with Gasteiger partial charge in [-0.05, 0) is 140 Å². The fourth-order valence-electron chi connectivity index (χ4n) is 13.9. The average Bonchev–Trinajstić information content (AvgIpc) is 1.66. The van der Waals surface area contributed by atoms with Gasteiger partial charge in [-0.2, -0.15) is 0 Å². The molecule has 0 bridgehead atoms. The van der Waals surface area contributed by atoms with Gasteiger partial charge >= 0.3 is 12.2 Å². The monoisotopic (exact) mass is 1320 g/mol. The maximum Gasteiger partial charge on any atom is 0.408 e. The lowest BCUT2D eigenvalue weighted by atomic mass is 9.85. The molecule has 2 heterocycles. The van der Waals surface area contributed by atoms with Crippen molar-refractivity contribution in [2.45, 2.75) is 178 Å². The Kier molecular flexibility index (Phi) is 24.2. The van der Waals surface area contributed by atoms with Crippen LogP contribution in [0.4, 0.5) is 9.59 Å². The summed E-state index contributed by atoms with van der Waals surface area (Å²) in [6, 6.07) is 34.4. The summed E-state index contributed by atoms with van der Waals surface area (Å²) in [7, 11) is 1.65. The molecule has 95 heavy (non-hydrogen) atoms. The Labute approximate surface area is 562 Å². The largest absolute Gasteiger partial charge is 0.449 e. The third-order valence-electron chi connectivity index (χ3n) is 19.0. The molecule has 22 heteroatoms. The number of nitrogens with one attached hydrogen (secondary N) is 8. The molecular weight excluding hydrogens is 1230 g/mol. The van der Waals surface area contributed by atoms with Crippen molar-refractivity contribution in [3.63, 3.8) is 0 Å². The average molecular weight is 1320 g/mol. The van der Waals surface area contributed by atoms with Gasteiger partial charge in [0.1, 0.15) is 37.4 Å². The number of carbonyl (C=O) groups excluding carboxylic acids is 9. The van der Waals surface area contributed by atoms with Crippen LogP contribution in [0.5, 0.6) is 0 Å². The summed E-state index contributed by atoms with van der Waals surface area (Å²) in [5, 5.41) is 23.9. The first kappa shape index (κ1) is 70.5. The van der Waals surface area contributed by atoms with Gasteiger partial charge in [0.25, 0.3) is 0 Å². The van der Waals surface area contributed by atoms with Gasteiger partial charge in [0.05, 0.1) is 24.2 Å². The molecule has 0 spiro atoms. The van der Waals surface area contributed by atoms with Crippen LogP contribution in [0.2, 0.25) is 0 Å². The molecule has 8 N–H and O–H groups in total. The Balaban J connectivity index is 0.0000106. The molecule has 9 amide bonds. The molecule has 5 aromatic rings. The third kappa shape index (κ3) is 17.8. The number of hydrogen-bond acceptors (Lipinski definition) is 12. The normalized spacial score (nSPS) is 20.3. The number of aryl methyl sites for hydroxylation is 2. The number of rotatable bonds is 24. The van der Waals surface area contributed by atoms with Crippen molar-refractivity contribution in [1.29, 1.82) is 0 Å². The fraction of sp³-hybridized carbons (Fsp3) is 0.466. The third-order valence-corrected chi connectivity index (χ3v) is 19.0. The summed E-state index contributed by atoms with van der Waals surface area (Å²) < 4.78 is 11.5. The molecule has 506 valence electrons. The quantitative estimate of drug-likeness (QED) is 0.0274. The van der Waals surface area contributed by atoms with E-state index in [0.717, 1.165) is 82.2 Å². The first-order valence-electron chi connectivity index (χ1n) is 33.3. The molecular formula is C73H91ClN10O11. The first-order chi connectivity index (χ1) is 45.3. The number of ether oxygens (including phenoxy) is 2. The maximum absolute atomic E-state index is 15.1. The van der Waals surface area contributed by atoms with Crippen LogP contribution in [-0.2, 0) is 62.5 Å². The molecule has 9 atom stereocenters. The number of nitrogens with zero attached hydrogens (tertiary/aromatic N) is 2. The van der Waals surface area contributed by atoms with Gasteiger partial charge in [-0.15, -0.1) is 12.4 Å². The number of carbonyl (C=O) groups is 9. The molecule has 2 aliphatic heterocycles. The van der Waals surface area contributed by atoms with E-state index in [1.54, 1.807) is 26.1 Å². The number of hydrogen-bond donors (Lipinski definition) is 8. The second-order valence-corrected chi connectivity index (χ2v) is 26.6. The predicted octanol–water partition coefficient (Wildman–Crippen LogP) is 7.89. The summed E-state index contributed by atoms with van der Waals surface area (Å²) in [5.74, 6) is -3.04. The van der Waals surface area contributed by atoms with Gasteiger partial charge in [0, 0.05) is 44.4 Å². The number of amides is 9. The predicted molar refractivity (Wildman–Crippen MR) is 361 cm³/mol. The molecule has 2 fully saturated rings. The van der Waals surface area contributed by atoms with Crippen LogP contribution in [0, 0.1) is 5.41 Å². The minimum Gasteiger partial charge on any atom is -0.449 e. The van der Waals surface area contributed by atoms with Gasteiger partial charge < -0.3 is 61.8 Å². The van der Waals surface area contributed by atoms with Crippen LogP contribution >= 0.6 is 12.4 Å². The zero-order valence-corrected chi connectivity index (χ0v) is 55.7. The van der Waals surface area contributed by atoms with E-state index >= 15 is 4.79 Å². The summed E-state index contributed by atoms with van der Waals surface area (Å²) in [6.07, 6.45) is 3.94. The summed E-state index contributed by atoms with van der Waals surface area (Å²) in [5.41, 5.74) is 8.60. The van der Waals surface area contributed by atoms with Gasteiger partial charge in [0.15, 0.2) is 0 Å². The van der Waals surface area contributed by atoms with E-state index in [-0.39, 0.29) is 132 Å². The van der Waals surface area contributed by atoms with E-state index in [0.29, 0.717) is 6.42 Å². The van der Waals surface area contributed by atoms with Crippen molar-refractivity contribution < 1.29 is 52.6 Å². The van der Waals surface area contributed by atoms with Crippen molar-refractivity contribution in [2.24, 2.45) is 5.41 Å². The van der Waals surface area contributed by atoms with Crippen molar-refractivity contribution in [3.05, 3.63) is 166 Å². The van der Waals surface area contributed by atoms with Gasteiger partial charge in [-0.1, -0.05) is 148 Å². The number of benzene rings is 5. The highest BCUT2D eigenvalue weighted by molar-refractivity contribution is 5.95. The van der Waals surface area contributed by atoms with E-state index < -0.39 is 77.6 Å². The van der Waals surface area contributed by atoms with Crippen LogP contribution in [0.15, 0.2) is 127 Å². The highest BCUT2D eigenvalue weighted by Crippen LogP contribution is 2.45. The van der Waals surface area contributed by atoms with Gasteiger partial charge in [-0.25, -0.2) is 9.59 Å². The summed E-state index contributed by atoms with van der Waals surface area (Å²) >= 11 is 0. The van der Waals surface area contributed by atoms with Crippen molar-refractivity contribution in [2.75, 3.05) is 33.3 Å². The van der Waals surface area contributed by atoms with Gasteiger partial charge in [-0.3, -0.25) is 33.6 Å². The summed E-state index contributed by atoms with van der Waals surface area (Å²) in [4.78, 5) is 129. The molecule has 2 saturated heterocycles. The van der Waals surface area contributed by atoms with Crippen LogP contribution < -0.4 is 42.5 Å². The number of likely N-dealkylation sites (N-methyl/N-ethyl adjacent to an activating group) is 1. The first-order valence-corrected chi connectivity index (χ1v) is 33.3. The Bertz CT molecular complexity index is 3520. The summed E-state index contributed by atoms with van der Waals surface area (Å²) in [6.45, 7) is 7.27. The molecule has 3 aliphatic carbocycles. The van der Waals surface area contributed by atoms with E-state index in [1.807, 2.05) is 112 Å². The highest BCUT2D eigenvalue weighted by Gasteiger charge is 2.47. The van der Waals surface area contributed by atoms with E-state index in [2.05, 4.69) is 66.8 Å². The van der Waals surface area contributed by atoms with Crippen molar-refractivity contribution in [1.82, 2.24) is 52.3 Å². The highest BCUT2D eigenvalue weighted by atomic mass is 35.5. The Morgan fingerprint density at radius 3 is 1.65 bits per heavy atom. The fourth-order valence-corrected chi connectivity index (χ4v) is 13.9. The van der Waals surface area contributed by atoms with Crippen LogP contribution in [-0.4, -0.2) is 139 Å². The van der Waals surface area contributed by atoms with Crippen LogP contribution in [0.25, 0.3) is 11.1 Å². The zero-order valence-electron chi connectivity index (χ0n) is 54.9. The number of alkyl carbamates (subject to hydrolysis) is 2. The maximum atomic E-state index is 15.1. The minimum atomic E-state index is -1.22. The molecule has 0 aromatic heterocycles. The number of likely N-dealkylation sites (tertiary alicyclic amines) is 2. The molecule has 10 rings (SSSR count). The van der Waals surface area contributed by atoms with E-state index in [4.69, 9.17) is 9.47 Å². The molecule has 0 radical (unpaired) electrons. The van der Waals surface area contributed by atoms with Crippen molar-refractivity contribution >= 4 is 65.9 Å². The van der Waals surface area contributed by atoms with Crippen molar-refractivity contribution in [3.8, 4) is 11.1 Å². The lowest BCUT2D eigenvalue weighted by Gasteiger charge is -2.36. The standard InChI is InChI=1S/C73H90N10O11.ClH/c1-45(74-5)66(86)81-65(73(2,3)4)70(90)83-41-49(39-62(83)68(88)79-59-34-18-26-48-24-10-12-28-52(48)59)76-64(85)37-19-36-63(84)75-38-20-35-60(80-72(92)93-43-46-21-7-6-8-22-46)69(89)82-42-50(40-61(82)67(87)78-58-33-17-25-47-23-9-11-27-51(47)58)77-71(91)94-44-57-55-31-15-13-29-53(55)54-30-14-16-32-56(54)57;/h6-16,21-24,27-32,45,49-50,57-62,65,74H,17-20,25-26,33-44H2,1-5H3,(H,75,84)(H,76,85)(H,77,91)(H,78,87)(H,79,88)(H,80,92)(H,81,86);1H/t45-,49-,50-,58+,59?,60-,61-,62-,65+;/m0./s1. The molecule has 21 nitrogen and oxygen atoms in total. The molecule has 1 unspecified atom stereocenters. The van der Waals surface area contributed by atoms with E-state index in [1.165, 1.54) is 9.80 Å². The second kappa shape index (κ2) is 32.5. The lowest BCUT2D eigenvalue weighted by molar-refractivity contribution is -0.144. The Morgan fingerprint density at radius 1 is 0.568 bits per heavy atom.